The molecule has 1 saturated heterocycles. The standard InChI is InChI=1S/C16H22N4O3/c1-10(2)13-9-23-14(8-19(13)16(21)22-4)12-7-11(3)18-15-5-6-17-20(12)15/h5-7,10,13-14H,8-9H2,1-4H3. The molecule has 2 aromatic heterocycles. The first-order valence-corrected chi connectivity index (χ1v) is 7.78. The molecule has 0 radical (unpaired) electrons. The Balaban J connectivity index is 1.94. The van der Waals surface area contributed by atoms with E-state index in [1.165, 1.54) is 7.11 Å². The van der Waals surface area contributed by atoms with Crippen LogP contribution in [0.25, 0.3) is 5.65 Å². The van der Waals surface area contributed by atoms with E-state index in [-0.39, 0.29) is 18.2 Å². The highest BCUT2D eigenvalue weighted by Gasteiger charge is 2.36. The lowest BCUT2D eigenvalue weighted by Crippen LogP contribution is -2.52. The van der Waals surface area contributed by atoms with Gasteiger partial charge < -0.3 is 9.47 Å². The fourth-order valence-electron chi connectivity index (χ4n) is 3.03. The second kappa shape index (κ2) is 6.16. The number of morpholine rings is 1. The van der Waals surface area contributed by atoms with Crippen molar-refractivity contribution in [2.45, 2.75) is 32.9 Å². The third kappa shape index (κ3) is 2.88. The number of fused-ring (bicyclic) bond motifs is 1. The quantitative estimate of drug-likeness (QED) is 0.849. The van der Waals surface area contributed by atoms with E-state index in [9.17, 15) is 4.79 Å². The Hall–Kier alpha value is -2.15. The summed E-state index contributed by atoms with van der Waals surface area (Å²) < 4.78 is 12.8. The van der Waals surface area contributed by atoms with E-state index in [1.54, 1.807) is 15.6 Å². The minimum atomic E-state index is -0.320. The second-order valence-corrected chi connectivity index (χ2v) is 6.18. The number of hydrogen-bond donors (Lipinski definition) is 0. The Morgan fingerprint density at radius 1 is 1.48 bits per heavy atom. The molecule has 124 valence electrons. The number of carbonyl (C=O) groups excluding carboxylic acids is 1. The minimum absolute atomic E-state index is 0.00902. The summed E-state index contributed by atoms with van der Waals surface area (Å²) in [6, 6.07) is 3.82. The van der Waals surface area contributed by atoms with Gasteiger partial charge in [-0.3, -0.25) is 4.90 Å². The highest BCUT2D eigenvalue weighted by Crippen LogP contribution is 2.28. The van der Waals surface area contributed by atoms with E-state index < -0.39 is 0 Å². The van der Waals surface area contributed by atoms with Gasteiger partial charge in [0.15, 0.2) is 5.65 Å². The number of ether oxygens (including phenoxy) is 2. The summed E-state index contributed by atoms with van der Waals surface area (Å²) in [6.45, 7) is 7.00. The Morgan fingerprint density at radius 3 is 2.96 bits per heavy atom. The Bertz CT molecular complexity index is 712. The molecule has 0 spiro atoms. The normalized spacial score (nSPS) is 21.9. The zero-order valence-corrected chi connectivity index (χ0v) is 13.9. The summed E-state index contributed by atoms with van der Waals surface area (Å²) in [5.41, 5.74) is 2.57. The van der Waals surface area contributed by atoms with Crippen LogP contribution in [0, 0.1) is 12.8 Å². The molecule has 2 atom stereocenters. The molecule has 0 saturated carbocycles. The van der Waals surface area contributed by atoms with E-state index >= 15 is 0 Å². The monoisotopic (exact) mass is 318 g/mol. The molecule has 1 aliphatic rings. The number of aryl methyl sites for hydroxylation is 1. The SMILES string of the molecule is COC(=O)N1CC(c2cc(C)nc3ccnn23)OCC1C(C)C. The minimum Gasteiger partial charge on any atom is -0.453 e. The largest absolute Gasteiger partial charge is 0.453 e. The van der Waals surface area contributed by atoms with E-state index in [1.807, 2.05) is 19.1 Å². The van der Waals surface area contributed by atoms with Crippen LogP contribution in [-0.4, -0.2) is 51.9 Å². The summed E-state index contributed by atoms with van der Waals surface area (Å²) in [5.74, 6) is 0.291. The third-order valence-corrected chi connectivity index (χ3v) is 4.25. The molecule has 23 heavy (non-hydrogen) atoms. The number of rotatable bonds is 2. The van der Waals surface area contributed by atoms with Crippen LogP contribution < -0.4 is 0 Å². The molecule has 1 aliphatic heterocycles. The van der Waals surface area contributed by atoms with Crippen molar-refractivity contribution < 1.29 is 14.3 Å². The van der Waals surface area contributed by atoms with Gasteiger partial charge in [-0.15, -0.1) is 0 Å². The highest BCUT2D eigenvalue weighted by molar-refractivity contribution is 5.68. The number of amides is 1. The number of carbonyl (C=O) groups is 1. The van der Waals surface area contributed by atoms with Crippen LogP contribution >= 0.6 is 0 Å². The Kier molecular flexibility index (Phi) is 4.21. The van der Waals surface area contributed by atoms with Gasteiger partial charge in [0, 0.05) is 11.8 Å². The van der Waals surface area contributed by atoms with Gasteiger partial charge in [0.05, 0.1) is 38.2 Å². The van der Waals surface area contributed by atoms with Crippen LogP contribution in [0.3, 0.4) is 0 Å². The molecule has 7 heteroatoms. The van der Waals surface area contributed by atoms with Crippen LogP contribution in [0.4, 0.5) is 4.79 Å². The molecule has 2 aromatic rings. The first-order chi connectivity index (χ1) is 11.0. The molecule has 3 heterocycles. The molecule has 3 rings (SSSR count). The van der Waals surface area contributed by atoms with E-state index in [0.29, 0.717) is 19.1 Å². The molecule has 1 amide bonds. The molecule has 0 N–H and O–H groups in total. The summed E-state index contributed by atoms with van der Waals surface area (Å²) >= 11 is 0. The zero-order valence-electron chi connectivity index (χ0n) is 13.9. The zero-order chi connectivity index (χ0) is 16.6. The van der Waals surface area contributed by atoms with Gasteiger partial charge in [0.1, 0.15) is 6.10 Å². The van der Waals surface area contributed by atoms with E-state index in [4.69, 9.17) is 9.47 Å². The van der Waals surface area contributed by atoms with Crippen LogP contribution in [0.15, 0.2) is 18.3 Å². The van der Waals surface area contributed by atoms with E-state index in [2.05, 4.69) is 23.9 Å². The predicted octanol–water partition coefficient (Wildman–Crippen LogP) is 2.20. The van der Waals surface area contributed by atoms with Crippen molar-refractivity contribution in [1.29, 1.82) is 0 Å². The lowest BCUT2D eigenvalue weighted by atomic mass is 10.0. The van der Waals surface area contributed by atoms with E-state index in [0.717, 1.165) is 17.0 Å². The summed E-state index contributed by atoms with van der Waals surface area (Å²) in [6.07, 6.45) is 1.14. The molecular formula is C16H22N4O3. The summed E-state index contributed by atoms with van der Waals surface area (Å²) in [5, 5.41) is 4.32. The van der Waals surface area contributed by atoms with Crippen LogP contribution in [0.5, 0.6) is 0 Å². The van der Waals surface area contributed by atoms with Gasteiger partial charge in [-0.2, -0.15) is 5.10 Å². The lowest BCUT2D eigenvalue weighted by molar-refractivity contribution is -0.0716. The Morgan fingerprint density at radius 2 is 2.26 bits per heavy atom. The van der Waals surface area contributed by atoms with Crippen molar-refractivity contribution in [3.8, 4) is 0 Å². The van der Waals surface area contributed by atoms with Crippen molar-refractivity contribution in [2.24, 2.45) is 5.92 Å². The fraction of sp³-hybridized carbons (Fsp3) is 0.562. The van der Waals surface area contributed by atoms with Crippen molar-refractivity contribution in [2.75, 3.05) is 20.3 Å². The predicted molar refractivity (Wildman–Crippen MR) is 84.2 cm³/mol. The Labute approximate surface area is 135 Å². The molecular weight excluding hydrogens is 296 g/mol. The van der Waals surface area contributed by atoms with Gasteiger partial charge in [0.2, 0.25) is 0 Å². The maximum Gasteiger partial charge on any atom is 0.409 e. The molecule has 1 fully saturated rings. The maximum atomic E-state index is 12.2. The second-order valence-electron chi connectivity index (χ2n) is 6.18. The number of methoxy groups -OCH3 is 1. The highest BCUT2D eigenvalue weighted by atomic mass is 16.5. The number of hydrogen-bond acceptors (Lipinski definition) is 5. The topological polar surface area (TPSA) is 69.0 Å². The van der Waals surface area contributed by atoms with Crippen LogP contribution in [0.2, 0.25) is 0 Å². The first kappa shape index (κ1) is 15.7. The molecule has 0 aromatic carbocycles. The molecule has 0 bridgehead atoms. The average Bonchev–Trinajstić information content (AvgIpc) is 3.00. The number of nitrogens with zero attached hydrogens (tertiary/aromatic N) is 4. The molecule has 7 nitrogen and oxygen atoms in total. The van der Waals surface area contributed by atoms with Gasteiger partial charge in [-0.1, -0.05) is 13.8 Å². The number of aromatic nitrogens is 3. The van der Waals surface area contributed by atoms with Crippen molar-refractivity contribution in [3.63, 3.8) is 0 Å². The third-order valence-electron chi connectivity index (χ3n) is 4.25. The lowest BCUT2D eigenvalue weighted by Gasteiger charge is -2.40. The fourth-order valence-corrected chi connectivity index (χ4v) is 3.03. The van der Waals surface area contributed by atoms with Crippen LogP contribution in [0.1, 0.15) is 31.3 Å². The van der Waals surface area contributed by atoms with Gasteiger partial charge in [0.25, 0.3) is 0 Å². The van der Waals surface area contributed by atoms with Crippen molar-refractivity contribution in [3.05, 3.63) is 29.7 Å². The van der Waals surface area contributed by atoms with Crippen LogP contribution in [-0.2, 0) is 9.47 Å². The first-order valence-electron chi connectivity index (χ1n) is 7.78. The molecule has 0 aliphatic carbocycles. The molecule has 2 unspecified atom stereocenters. The summed E-state index contributed by atoms with van der Waals surface area (Å²) in [7, 11) is 1.41. The average molecular weight is 318 g/mol. The smallest absolute Gasteiger partial charge is 0.409 e. The van der Waals surface area contributed by atoms with Gasteiger partial charge in [-0.05, 0) is 18.9 Å². The van der Waals surface area contributed by atoms with Crippen molar-refractivity contribution >= 4 is 11.7 Å². The van der Waals surface area contributed by atoms with Gasteiger partial charge >= 0.3 is 6.09 Å². The van der Waals surface area contributed by atoms with Crippen molar-refractivity contribution in [1.82, 2.24) is 19.5 Å². The summed E-state index contributed by atoms with van der Waals surface area (Å²) in [4.78, 5) is 18.4. The maximum absolute atomic E-state index is 12.2. The van der Waals surface area contributed by atoms with Gasteiger partial charge in [-0.25, -0.2) is 14.3 Å².